The Morgan fingerprint density at radius 3 is 1.48 bits per heavy atom. The molecule has 4 fully saturated rings. The van der Waals surface area contributed by atoms with Gasteiger partial charge >= 0.3 is 0 Å². The lowest BCUT2D eigenvalue weighted by Gasteiger charge is -2.36. The van der Waals surface area contributed by atoms with Gasteiger partial charge in [0.15, 0.2) is 0 Å². The van der Waals surface area contributed by atoms with Gasteiger partial charge in [0.1, 0.15) is 18.2 Å². The van der Waals surface area contributed by atoms with Gasteiger partial charge in [-0.1, -0.05) is 27.7 Å². The summed E-state index contributed by atoms with van der Waals surface area (Å²) in [5.74, 6) is 1.64. The third-order valence-electron chi connectivity index (χ3n) is 9.57. The first-order valence-electron chi connectivity index (χ1n) is 10.6. The molecule has 0 amide bonds. The Kier molecular flexibility index (Phi) is 3.95. The van der Waals surface area contributed by atoms with Crippen molar-refractivity contribution in [2.45, 2.75) is 80.1 Å². The molecule has 4 aliphatic carbocycles. The maximum atomic E-state index is 12.6. The molecule has 4 heteroatoms. The number of Topliss-reactive ketones (excluding diaryl/α,β-unsaturated/α-hetero) is 2. The second kappa shape index (κ2) is 5.61. The fourth-order valence-electron chi connectivity index (χ4n) is 7.68. The van der Waals surface area contributed by atoms with E-state index in [2.05, 4.69) is 27.7 Å². The lowest BCUT2D eigenvalue weighted by atomic mass is 9.66. The van der Waals surface area contributed by atoms with E-state index in [0.29, 0.717) is 18.5 Å². The monoisotopic (exact) mass is 370 g/mol. The van der Waals surface area contributed by atoms with Crippen LogP contribution in [0.15, 0.2) is 9.98 Å². The van der Waals surface area contributed by atoms with Crippen molar-refractivity contribution in [2.75, 3.05) is 6.67 Å². The minimum Gasteiger partial charge on any atom is -0.299 e. The highest BCUT2D eigenvalue weighted by Crippen LogP contribution is 2.65. The molecule has 0 aromatic rings. The standard InChI is InChI=1S/C23H34N2O2/c1-14(26)22-9-7-16(20(22,3)4)11-18(22)24-13-25-19-12-17-8-10-23(19,15(2)27)21(17,5)6/h16-17H,7-13H2,1-6H3. The minimum absolute atomic E-state index is 0.000164. The Balaban J connectivity index is 1.63. The van der Waals surface area contributed by atoms with Gasteiger partial charge in [-0.3, -0.25) is 19.6 Å². The van der Waals surface area contributed by atoms with Crippen molar-refractivity contribution in [2.24, 2.45) is 43.5 Å². The average Bonchev–Trinajstić information content (AvgIpc) is 3.16. The van der Waals surface area contributed by atoms with Crippen LogP contribution < -0.4 is 0 Å². The summed E-state index contributed by atoms with van der Waals surface area (Å²) in [6.45, 7) is 12.8. The van der Waals surface area contributed by atoms with Crippen molar-refractivity contribution in [1.29, 1.82) is 0 Å². The van der Waals surface area contributed by atoms with E-state index in [9.17, 15) is 9.59 Å². The minimum atomic E-state index is -0.385. The average molecular weight is 371 g/mol. The third-order valence-corrected chi connectivity index (χ3v) is 9.57. The smallest absolute Gasteiger partial charge is 0.142 e. The van der Waals surface area contributed by atoms with E-state index in [1.54, 1.807) is 13.8 Å². The lowest BCUT2D eigenvalue weighted by Crippen LogP contribution is -2.43. The molecule has 0 radical (unpaired) electrons. The molecule has 27 heavy (non-hydrogen) atoms. The van der Waals surface area contributed by atoms with E-state index in [4.69, 9.17) is 9.98 Å². The number of aliphatic imine (C=N–C) groups is 2. The van der Waals surface area contributed by atoms with Crippen LogP contribution in [0.3, 0.4) is 0 Å². The van der Waals surface area contributed by atoms with E-state index < -0.39 is 0 Å². The van der Waals surface area contributed by atoms with E-state index in [1.807, 2.05) is 0 Å². The maximum Gasteiger partial charge on any atom is 0.142 e. The zero-order valence-corrected chi connectivity index (χ0v) is 17.8. The van der Waals surface area contributed by atoms with Crippen molar-refractivity contribution >= 4 is 23.0 Å². The molecule has 0 saturated heterocycles. The van der Waals surface area contributed by atoms with Crippen molar-refractivity contribution in [1.82, 2.24) is 0 Å². The largest absolute Gasteiger partial charge is 0.299 e. The van der Waals surface area contributed by atoms with Crippen LogP contribution in [0.5, 0.6) is 0 Å². The number of carbonyl (C=O) groups excluding carboxylic acids is 2. The Morgan fingerprint density at radius 2 is 1.19 bits per heavy atom. The summed E-state index contributed by atoms with van der Waals surface area (Å²) in [6.07, 6.45) is 5.99. The highest BCUT2D eigenvalue weighted by atomic mass is 16.1. The second-order valence-electron chi connectivity index (χ2n) is 10.6. The molecule has 0 spiro atoms. The fraction of sp³-hybridized carbons (Fsp3) is 0.826. The van der Waals surface area contributed by atoms with Gasteiger partial charge in [0.25, 0.3) is 0 Å². The summed E-state index contributed by atoms with van der Waals surface area (Å²) in [5.41, 5.74) is 1.37. The van der Waals surface area contributed by atoms with Gasteiger partial charge in [0, 0.05) is 11.4 Å². The predicted octanol–water partition coefficient (Wildman–Crippen LogP) is 4.66. The third kappa shape index (κ3) is 2.05. The highest BCUT2D eigenvalue weighted by Gasteiger charge is 2.66. The zero-order chi connectivity index (χ0) is 19.8. The molecule has 0 aliphatic heterocycles. The van der Waals surface area contributed by atoms with Gasteiger partial charge in [-0.2, -0.15) is 0 Å². The van der Waals surface area contributed by atoms with Crippen molar-refractivity contribution < 1.29 is 9.59 Å². The molecule has 4 aliphatic rings. The molecule has 0 heterocycles. The number of nitrogens with zero attached hydrogens (tertiary/aromatic N) is 2. The molecule has 4 unspecified atom stereocenters. The molecule has 4 rings (SSSR count). The van der Waals surface area contributed by atoms with Crippen LogP contribution in [0.4, 0.5) is 0 Å². The summed E-state index contributed by atoms with van der Waals surface area (Å²) >= 11 is 0. The number of carbonyl (C=O) groups is 2. The molecule has 4 saturated carbocycles. The van der Waals surface area contributed by atoms with E-state index in [0.717, 1.165) is 49.9 Å². The van der Waals surface area contributed by atoms with Gasteiger partial charge in [-0.05, 0) is 75.0 Å². The van der Waals surface area contributed by atoms with Gasteiger partial charge in [0.05, 0.1) is 10.8 Å². The Hall–Kier alpha value is -1.32. The summed E-state index contributed by atoms with van der Waals surface area (Å²) < 4.78 is 0. The number of hydrogen-bond donors (Lipinski definition) is 0. The lowest BCUT2D eigenvalue weighted by molar-refractivity contribution is -0.127. The molecule has 148 valence electrons. The molecule has 4 atom stereocenters. The molecule has 4 bridgehead atoms. The summed E-state index contributed by atoms with van der Waals surface area (Å²) in [6, 6.07) is 0. The van der Waals surface area contributed by atoms with Crippen LogP contribution in [0, 0.1) is 33.5 Å². The first-order valence-corrected chi connectivity index (χ1v) is 10.6. The SMILES string of the molecule is CC(=O)C12CCC(CC1=NCN=C1CC3CCC1(C(C)=O)C3(C)C)C2(C)C. The van der Waals surface area contributed by atoms with E-state index in [1.165, 1.54) is 0 Å². The quantitative estimate of drug-likeness (QED) is 0.723. The van der Waals surface area contributed by atoms with Crippen LogP contribution in [0.2, 0.25) is 0 Å². The van der Waals surface area contributed by atoms with Crippen molar-refractivity contribution in [3.05, 3.63) is 0 Å². The Morgan fingerprint density at radius 1 is 0.815 bits per heavy atom. The summed E-state index contributed by atoms with van der Waals surface area (Å²) in [4.78, 5) is 35.0. The molecular formula is C23H34N2O2. The number of hydrogen-bond acceptors (Lipinski definition) is 4. The normalized spacial score (nSPS) is 43.8. The topological polar surface area (TPSA) is 58.9 Å². The Labute approximate surface area is 163 Å². The highest BCUT2D eigenvalue weighted by molar-refractivity contribution is 6.13. The zero-order valence-electron chi connectivity index (χ0n) is 17.8. The van der Waals surface area contributed by atoms with E-state index in [-0.39, 0.29) is 33.2 Å². The van der Waals surface area contributed by atoms with Crippen molar-refractivity contribution in [3.63, 3.8) is 0 Å². The van der Waals surface area contributed by atoms with Gasteiger partial charge in [-0.15, -0.1) is 0 Å². The fourth-order valence-corrected chi connectivity index (χ4v) is 7.68. The Bertz CT molecular complexity index is 711. The number of fused-ring (bicyclic) bond motifs is 4. The van der Waals surface area contributed by atoms with E-state index >= 15 is 0 Å². The summed E-state index contributed by atoms with van der Waals surface area (Å²) in [5, 5.41) is 0. The molecule has 0 aromatic carbocycles. The second-order valence-corrected chi connectivity index (χ2v) is 10.6. The molecule has 0 aromatic heterocycles. The van der Waals surface area contributed by atoms with Crippen LogP contribution in [-0.4, -0.2) is 29.7 Å². The predicted molar refractivity (Wildman–Crippen MR) is 108 cm³/mol. The maximum absolute atomic E-state index is 12.6. The molecule has 0 N–H and O–H groups in total. The number of rotatable bonds is 4. The summed E-state index contributed by atoms with van der Waals surface area (Å²) in [7, 11) is 0. The van der Waals surface area contributed by atoms with Gasteiger partial charge in [-0.25, -0.2) is 0 Å². The van der Waals surface area contributed by atoms with Crippen LogP contribution in [-0.2, 0) is 9.59 Å². The first kappa shape index (κ1) is 19.0. The van der Waals surface area contributed by atoms with Gasteiger partial charge < -0.3 is 0 Å². The van der Waals surface area contributed by atoms with Crippen LogP contribution >= 0.6 is 0 Å². The van der Waals surface area contributed by atoms with Crippen LogP contribution in [0.1, 0.15) is 80.1 Å². The molecule has 4 nitrogen and oxygen atoms in total. The molecular weight excluding hydrogens is 336 g/mol. The first-order chi connectivity index (χ1) is 12.5. The number of ketones is 2. The van der Waals surface area contributed by atoms with Crippen LogP contribution in [0.25, 0.3) is 0 Å². The van der Waals surface area contributed by atoms with Crippen molar-refractivity contribution in [3.8, 4) is 0 Å². The van der Waals surface area contributed by atoms with Gasteiger partial charge in [0.2, 0.25) is 0 Å².